The molecule has 1 aliphatic rings. The number of nitrogens with zero attached hydrogens (tertiary/aromatic N) is 1. The molecule has 0 saturated heterocycles. The van der Waals surface area contributed by atoms with Crippen LogP contribution in [0.15, 0.2) is 59.6 Å². The number of halogens is 1. The van der Waals surface area contributed by atoms with Crippen molar-refractivity contribution in [3.8, 4) is 0 Å². The average molecular weight is 493 g/mol. The van der Waals surface area contributed by atoms with Gasteiger partial charge in [-0.05, 0) is 48.9 Å². The van der Waals surface area contributed by atoms with Crippen molar-refractivity contribution in [1.82, 2.24) is 0 Å². The molecule has 0 atom stereocenters. The number of unbranched alkanes of at least 4 members (excludes halogenated alkanes) is 5. The van der Waals surface area contributed by atoms with Crippen LogP contribution in [-0.4, -0.2) is 18.2 Å². The normalized spacial score (nSPS) is 13.2. The molecule has 0 fully saturated rings. The zero-order valence-corrected chi connectivity index (χ0v) is 21.5. The molecule has 3 aromatic rings. The zero-order chi connectivity index (χ0) is 23.8. The van der Waals surface area contributed by atoms with Crippen molar-refractivity contribution in [2.45, 2.75) is 64.7 Å². The maximum absolute atomic E-state index is 12.2. The van der Waals surface area contributed by atoms with Crippen LogP contribution in [0.5, 0.6) is 0 Å². The average Bonchev–Trinajstić information content (AvgIpc) is 3.17. The second-order valence-corrected chi connectivity index (χ2v) is 10.5. The van der Waals surface area contributed by atoms with Gasteiger partial charge in [0.1, 0.15) is 11.5 Å². The van der Waals surface area contributed by atoms with E-state index in [1.807, 2.05) is 24.3 Å². The smallest absolute Gasteiger partial charge is 0.246 e. The number of carbonyl (C=O) groups is 1. The Morgan fingerprint density at radius 2 is 1.59 bits per heavy atom. The molecule has 178 valence electrons. The maximum Gasteiger partial charge on any atom is 0.246 e. The lowest BCUT2D eigenvalue weighted by atomic mass is 10.0. The molecular weight excluding hydrogens is 460 g/mol. The Hall–Kier alpha value is -2.43. The van der Waals surface area contributed by atoms with Crippen LogP contribution >= 0.6 is 22.9 Å². The van der Waals surface area contributed by atoms with E-state index in [4.69, 9.17) is 11.6 Å². The maximum atomic E-state index is 12.2. The first-order chi connectivity index (χ1) is 16.6. The first-order valence-electron chi connectivity index (χ1n) is 12.4. The van der Waals surface area contributed by atoms with Gasteiger partial charge in [-0.15, -0.1) is 11.3 Å². The fraction of sp³-hybridized carbons (Fsp3) is 0.379. The number of nitrogens with one attached hydrogen (secondary N) is 1. The number of aliphatic imine (C=N–C) groups is 1. The molecule has 0 spiro atoms. The molecule has 0 radical (unpaired) electrons. The minimum absolute atomic E-state index is 0.0855. The van der Waals surface area contributed by atoms with Crippen LogP contribution in [0.1, 0.15) is 72.6 Å². The van der Waals surface area contributed by atoms with E-state index in [-0.39, 0.29) is 12.5 Å². The van der Waals surface area contributed by atoms with E-state index in [0.717, 1.165) is 34.7 Å². The Labute approximate surface area is 212 Å². The minimum atomic E-state index is -0.0855. The molecule has 1 N–H and O–H groups in total. The number of rotatable bonds is 11. The summed E-state index contributed by atoms with van der Waals surface area (Å²) in [5.74, 6) is -0.0855. The summed E-state index contributed by atoms with van der Waals surface area (Å²) in [4.78, 5) is 18.1. The third kappa shape index (κ3) is 6.58. The second-order valence-electron chi connectivity index (χ2n) is 8.98. The lowest BCUT2D eigenvalue weighted by Crippen LogP contribution is -2.12. The van der Waals surface area contributed by atoms with Gasteiger partial charge in [-0.1, -0.05) is 93.1 Å². The van der Waals surface area contributed by atoms with Gasteiger partial charge in [-0.3, -0.25) is 9.79 Å². The number of benzene rings is 2. The van der Waals surface area contributed by atoms with Gasteiger partial charge < -0.3 is 5.32 Å². The Kier molecular flexibility index (Phi) is 8.95. The van der Waals surface area contributed by atoms with Crippen molar-refractivity contribution in [3.05, 3.63) is 86.8 Å². The van der Waals surface area contributed by atoms with Gasteiger partial charge in [-0.2, -0.15) is 0 Å². The highest BCUT2D eigenvalue weighted by Crippen LogP contribution is 2.34. The lowest BCUT2D eigenvalue weighted by Gasteiger charge is -2.07. The molecule has 1 aromatic heterocycles. The first-order valence-corrected chi connectivity index (χ1v) is 13.6. The van der Waals surface area contributed by atoms with E-state index in [1.54, 1.807) is 11.3 Å². The molecule has 1 aliphatic heterocycles. The molecule has 2 aromatic carbocycles. The summed E-state index contributed by atoms with van der Waals surface area (Å²) in [6.07, 6.45) is 11.1. The van der Waals surface area contributed by atoms with Crippen LogP contribution < -0.4 is 5.32 Å². The largest absolute Gasteiger partial charge is 0.316 e. The van der Waals surface area contributed by atoms with Crippen molar-refractivity contribution in [1.29, 1.82) is 0 Å². The van der Waals surface area contributed by atoms with Gasteiger partial charge in [-0.25, -0.2) is 0 Å². The molecule has 5 heteroatoms. The molecule has 0 unspecified atom stereocenters. The molecule has 0 aliphatic carbocycles. The lowest BCUT2D eigenvalue weighted by molar-refractivity contribution is -0.114. The zero-order valence-electron chi connectivity index (χ0n) is 19.9. The summed E-state index contributed by atoms with van der Waals surface area (Å²) in [5, 5.41) is 4.54. The number of anilines is 1. The predicted molar refractivity (Wildman–Crippen MR) is 146 cm³/mol. The summed E-state index contributed by atoms with van der Waals surface area (Å²) in [6.45, 7) is 2.38. The molecule has 4 rings (SSSR count). The van der Waals surface area contributed by atoms with Crippen LogP contribution in [0.2, 0.25) is 5.02 Å². The fourth-order valence-electron chi connectivity index (χ4n) is 4.37. The monoisotopic (exact) mass is 492 g/mol. The van der Waals surface area contributed by atoms with Gasteiger partial charge in [0, 0.05) is 21.0 Å². The van der Waals surface area contributed by atoms with E-state index >= 15 is 0 Å². The van der Waals surface area contributed by atoms with Crippen molar-refractivity contribution in [2.24, 2.45) is 4.99 Å². The summed E-state index contributed by atoms with van der Waals surface area (Å²) in [7, 11) is 0. The van der Waals surface area contributed by atoms with Crippen molar-refractivity contribution in [2.75, 3.05) is 11.9 Å². The summed E-state index contributed by atoms with van der Waals surface area (Å²) < 4.78 is 0. The van der Waals surface area contributed by atoms with Crippen LogP contribution in [0.25, 0.3) is 0 Å². The Bertz CT molecular complexity index is 1130. The van der Waals surface area contributed by atoms with E-state index in [9.17, 15) is 4.79 Å². The van der Waals surface area contributed by atoms with E-state index in [1.165, 1.54) is 60.9 Å². The number of thiophene rings is 1. The van der Waals surface area contributed by atoms with Crippen LogP contribution in [0.4, 0.5) is 5.00 Å². The van der Waals surface area contributed by atoms with E-state index in [0.29, 0.717) is 5.02 Å². The number of hydrogen-bond donors (Lipinski definition) is 1. The molecule has 34 heavy (non-hydrogen) atoms. The summed E-state index contributed by atoms with van der Waals surface area (Å²) >= 11 is 8.09. The van der Waals surface area contributed by atoms with Crippen LogP contribution in [0.3, 0.4) is 0 Å². The Morgan fingerprint density at radius 1 is 0.882 bits per heavy atom. The van der Waals surface area contributed by atoms with Crippen molar-refractivity contribution < 1.29 is 4.79 Å². The third-order valence-corrected chi connectivity index (χ3v) is 7.74. The number of hydrogen-bond acceptors (Lipinski definition) is 3. The van der Waals surface area contributed by atoms with E-state index in [2.05, 4.69) is 47.6 Å². The van der Waals surface area contributed by atoms with Gasteiger partial charge in [0.05, 0.1) is 5.71 Å². The Morgan fingerprint density at radius 3 is 2.35 bits per heavy atom. The topological polar surface area (TPSA) is 41.5 Å². The molecule has 3 nitrogen and oxygen atoms in total. The molecule has 2 heterocycles. The minimum Gasteiger partial charge on any atom is -0.316 e. The molecule has 0 saturated carbocycles. The second kappa shape index (κ2) is 12.3. The SMILES string of the molecule is CCCCCCCCc1ccc(CCc2cc3c(s2)NC(=O)CN=C3c2ccccc2Cl)cc1. The predicted octanol–water partition coefficient (Wildman–Crippen LogP) is 7.88. The number of aryl methyl sites for hydroxylation is 3. The summed E-state index contributed by atoms with van der Waals surface area (Å²) in [5.41, 5.74) is 5.41. The Balaban J connectivity index is 1.38. The highest BCUT2D eigenvalue weighted by molar-refractivity contribution is 7.16. The highest BCUT2D eigenvalue weighted by Gasteiger charge is 2.22. The van der Waals surface area contributed by atoms with Crippen molar-refractivity contribution >= 4 is 39.6 Å². The molecule has 1 amide bonds. The molecular formula is C29H33ClN2OS. The third-order valence-electron chi connectivity index (χ3n) is 6.30. The number of amides is 1. The first kappa shape index (κ1) is 24.7. The van der Waals surface area contributed by atoms with Gasteiger partial charge in [0.15, 0.2) is 0 Å². The number of carbonyl (C=O) groups excluding carboxylic acids is 1. The van der Waals surface area contributed by atoms with Gasteiger partial charge >= 0.3 is 0 Å². The quantitative estimate of drug-likeness (QED) is 0.272. The van der Waals surface area contributed by atoms with Crippen molar-refractivity contribution in [3.63, 3.8) is 0 Å². The van der Waals surface area contributed by atoms with Crippen LogP contribution in [0, 0.1) is 0 Å². The standard InChI is InChI=1S/C29H33ClN2OS/c1-2-3-4-5-6-7-10-21-13-15-22(16-14-21)17-18-23-19-25-28(24-11-8-9-12-26(24)30)31-20-27(33)32-29(25)34-23/h8-9,11-16,19H,2-7,10,17-18,20H2,1H3,(H,32,33). The molecule has 0 bridgehead atoms. The van der Waals surface area contributed by atoms with E-state index < -0.39 is 0 Å². The van der Waals surface area contributed by atoms with Gasteiger partial charge in [0.2, 0.25) is 5.91 Å². The van der Waals surface area contributed by atoms with Crippen LogP contribution in [-0.2, 0) is 24.1 Å². The van der Waals surface area contributed by atoms with Gasteiger partial charge in [0.25, 0.3) is 0 Å². The number of fused-ring (bicyclic) bond motifs is 1. The fourth-order valence-corrected chi connectivity index (χ4v) is 5.67. The highest BCUT2D eigenvalue weighted by atomic mass is 35.5. The summed E-state index contributed by atoms with van der Waals surface area (Å²) in [6, 6.07) is 19.0.